The molecule has 0 radical (unpaired) electrons. The molecular weight excluding hydrogens is 242 g/mol. The Labute approximate surface area is 122 Å². The van der Waals surface area contributed by atoms with Crippen molar-refractivity contribution in [3.05, 3.63) is 57.1 Å². The van der Waals surface area contributed by atoms with E-state index in [0.29, 0.717) is 6.54 Å². The van der Waals surface area contributed by atoms with Gasteiger partial charge in [0.05, 0.1) is 0 Å². The molecule has 0 saturated heterocycles. The van der Waals surface area contributed by atoms with Gasteiger partial charge in [-0.15, -0.1) is 0 Å². The predicted octanol–water partition coefficient (Wildman–Crippen LogP) is 4.66. The number of benzene rings is 2. The van der Waals surface area contributed by atoms with E-state index in [1.165, 1.54) is 50.1 Å². The van der Waals surface area contributed by atoms with Crippen molar-refractivity contribution in [1.82, 2.24) is 0 Å². The van der Waals surface area contributed by atoms with Crippen molar-refractivity contribution in [3.8, 4) is 11.1 Å². The van der Waals surface area contributed by atoms with E-state index in [0.717, 1.165) is 0 Å². The molecule has 2 aromatic rings. The lowest BCUT2D eigenvalue weighted by molar-refractivity contribution is 1.07. The molecule has 0 aliphatic heterocycles. The highest BCUT2D eigenvalue weighted by Gasteiger charge is 2.15. The number of aryl methyl sites for hydroxylation is 1. The maximum absolute atomic E-state index is 5.74. The molecule has 0 heterocycles. The molecule has 0 bridgehead atoms. The average Bonchev–Trinajstić information content (AvgIpc) is 2.44. The fourth-order valence-corrected chi connectivity index (χ4v) is 3.04. The summed E-state index contributed by atoms with van der Waals surface area (Å²) in [5.41, 5.74) is 18.0. The van der Waals surface area contributed by atoms with E-state index in [1.54, 1.807) is 0 Å². The van der Waals surface area contributed by atoms with Crippen LogP contribution in [0.2, 0.25) is 0 Å². The van der Waals surface area contributed by atoms with Gasteiger partial charge < -0.3 is 5.73 Å². The Hall–Kier alpha value is -1.60. The van der Waals surface area contributed by atoms with Crippen molar-refractivity contribution in [2.75, 3.05) is 0 Å². The number of hydrogen-bond donors (Lipinski definition) is 1. The molecule has 0 amide bonds. The summed E-state index contributed by atoms with van der Waals surface area (Å²) in [6, 6.07) is 6.57. The van der Waals surface area contributed by atoms with Crippen LogP contribution in [0.4, 0.5) is 0 Å². The molecule has 20 heavy (non-hydrogen) atoms. The van der Waals surface area contributed by atoms with Gasteiger partial charge in [0.15, 0.2) is 0 Å². The predicted molar refractivity (Wildman–Crippen MR) is 88.2 cm³/mol. The van der Waals surface area contributed by atoms with Gasteiger partial charge in [0.25, 0.3) is 0 Å². The Morgan fingerprint density at radius 3 is 1.70 bits per heavy atom. The molecule has 1 heteroatoms. The molecule has 2 rings (SSSR count). The van der Waals surface area contributed by atoms with E-state index in [2.05, 4.69) is 59.7 Å². The minimum absolute atomic E-state index is 0.602. The molecule has 0 aromatic heterocycles. The number of hydrogen-bond acceptors (Lipinski definition) is 1. The topological polar surface area (TPSA) is 26.0 Å². The summed E-state index contributed by atoms with van der Waals surface area (Å²) < 4.78 is 0. The monoisotopic (exact) mass is 267 g/mol. The van der Waals surface area contributed by atoms with Crippen LogP contribution in [0.1, 0.15) is 38.9 Å². The fourth-order valence-electron chi connectivity index (χ4n) is 3.04. The molecule has 0 atom stereocenters. The first-order valence-electron chi connectivity index (χ1n) is 7.25. The van der Waals surface area contributed by atoms with Crippen molar-refractivity contribution in [3.63, 3.8) is 0 Å². The van der Waals surface area contributed by atoms with Crippen LogP contribution in [-0.4, -0.2) is 0 Å². The van der Waals surface area contributed by atoms with Crippen LogP contribution < -0.4 is 5.73 Å². The van der Waals surface area contributed by atoms with Crippen LogP contribution >= 0.6 is 0 Å². The zero-order chi connectivity index (χ0) is 15.0. The average molecular weight is 267 g/mol. The Morgan fingerprint density at radius 2 is 1.25 bits per heavy atom. The SMILES string of the molecule is Cc1cc(CN)ccc1-c1c(C)c(C)c(C)c(C)c1C. The van der Waals surface area contributed by atoms with Crippen LogP contribution in [0.15, 0.2) is 18.2 Å². The lowest BCUT2D eigenvalue weighted by atomic mass is 9.84. The van der Waals surface area contributed by atoms with E-state index in [1.807, 2.05) is 0 Å². The highest BCUT2D eigenvalue weighted by molar-refractivity contribution is 5.77. The van der Waals surface area contributed by atoms with Crippen LogP contribution in [0.3, 0.4) is 0 Å². The number of rotatable bonds is 2. The van der Waals surface area contributed by atoms with Crippen LogP contribution in [-0.2, 0) is 6.54 Å². The largest absolute Gasteiger partial charge is 0.326 e. The third-order valence-electron chi connectivity index (χ3n) is 4.80. The molecule has 2 N–H and O–H groups in total. The molecule has 0 fully saturated rings. The highest BCUT2D eigenvalue weighted by atomic mass is 14.5. The van der Waals surface area contributed by atoms with E-state index < -0.39 is 0 Å². The van der Waals surface area contributed by atoms with Crippen LogP contribution in [0, 0.1) is 41.5 Å². The van der Waals surface area contributed by atoms with Gasteiger partial charge in [0, 0.05) is 6.54 Å². The summed E-state index contributed by atoms with van der Waals surface area (Å²) in [5, 5.41) is 0. The van der Waals surface area contributed by atoms with Crippen molar-refractivity contribution in [2.24, 2.45) is 5.73 Å². The Morgan fingerprint density at radius 1 is 0.750 bits per heavy atom. The van der Waals surface area contributed by atoms with Gasteiger partial charge in [0.2, 0.25) is 0 Å². The van der Waals surface area contributed by atoms with Gasteiger partial charge >= 0.3 is 0 Å². The normalized spacial score (nSPS) is 10.9. The second-order valence-electron chi connectivity index (χ2n) is 5.85. The van der Waals surface area contributed by atoms with E-state index in [-0.39, 0.29) is 0 Å². The highest BCUT2D eigenvalue weighted by Crippen LogP contribution is 2.35. The minimum atomic E-state index is 0.602. The van der Waals surface area contributed by atoms with Crippen molar-refractivity contribution >= 4 is 0 Å². The Balaban J connectivity index is 2.76. The van der Waals surface area contributed by atoms with Gasteiger partial charge in [-0.05, 0) is 91.6 Å². The van der Waals surface area contributed by atoms with Gasteiger partial charge in [0.1, 0.15) is 0 Å². The fraction of sp³-hybridized carbons (Fsp3) is 0.368. The van der Waals surface area contributed by atoms with E-state index in [4.69, 9.17) is 5.73 Å². The minimum Gasteiger partial charge on any atom is -0.326 e. The standard InChI is InChI=1S/C19H25N/c1-11-9-17(10-20)7-8-18(11)19-15(5)13(3)12(2)14(4)16(19)6/h7-9H,10,20H2,1-6H3. The maximum Gasteiger partial charge on any atom is 0.0178 e. The van der Waals surface area contributed by atoms with Crippen molar-refractivity contribution in [2.45, 2.75) is 48.1 Å². The van der Waals surface area contributed by atoms with Gasteiger partial charge in [-0.1, -0.05) is 18.2 Å². The third kappa shape index (κ3) is 2.27. The van der Waals surface area contributed by atoms with Crippen molar-refractivity contribution < 1.29 is 0 Å². The second kappa shape index (κ2) is 5.41. The summed E-state index contributed by atoms with van der Waals surface area (Å²) >= 11 is 0. The molecule has 0 aliphatic rings. The van der Waals surface area contributed by atoms with Gasteiger partial charge in [-0.3, -0.25) is 0 Å². The second-order valence-corrected chi connectivity index (χ2v) is 5.85. The van der Waals surface area contributed by atoms with E-state index in [9.17, 15) is 0 Å². The summed E-state index contributed by atoms with van der Waals surface area (Å²) in [6.45, 7) is 13.9. The molecule has 1 nitrogen and oxygen atoms in total. The Kier molecular flexibility index (Phi) is 4.01. The molecule has 0 unspecified atom stereocenters. The molecule has 2 aromatic carbocycles. The number of nitrogens with two attached hydrogens (primary N) is 1. The molecule has 0 aliphatic carbocycles. The maximum atomic E-state index is 5.74. The van der Waals surface area contributed by atoms with Crippen molar-refractivity contribution in [1.29, 1.82) is 0 Å². The molecule has 0 spiro atoms. The first kappa shape index (κ1) is 14.8. The van der Waals surface area contributed by atoms with Crippen LogP contribution in [0.5, 0.6) is 0 Å². The molecule has 0 saturated carbocycles. The molecule has 106 valence electrons. The summed E-state index contributed by atoms with van der Waals surface area (Å²) in [7, 11) is 0. The smallest absolute Gasteiger partial charge is 0.0178 e. The first-order chi connectivity index (χ1) is 9.38. The lowest BCUT2D eigenvalue weighted by Crippen LogP contribution is -2.02. The molecular formula is C19H25N. The van der Waals surface area contributed by atoms with Gasteiger partial charge in [-0.2, -0.15) is 0 Å². The summed E-state index contributed by atoms with van der Waals surface area (Å²) in [5.74, 6) is 0. The van der Waals surface area contributed by atoms with Crippen LogP contribution in [0.25, 0.3) is 11.1 Å². The van der Waals surface area contributed by atoms with E-state index >= 15 is 0 Å². The first-order valence-corrected chi connectivity index (χ1v) is 7.25. The summed E-state index contributed by atoms with van der Waals surface area (Å²) in [6.07, 6.45) is 0. The zero-order valence-electron chi connectivity index (χ0n) is 13.5. The third-order valence-corrected chi connectivity index (χ3v) is 4.80. The quantitative estimate of drug-likeness (QED) is 0.841. The Bertz CT molecular complexity index is 637. The zero-order valence-corrected chi connectivity index (χ0v) is 13.5. The van der Waals surface area contributed by atoms with Gasteiger partial charge in [-0.25, -0.2) is 0 Å². The lowest BCUT2D eigenvalue weighted by Gasteiger charge is -2.20. The summed E-state index contributed by atoms with van der Waals surface area (Å²) in [4.78, 5) is 0.